The highest BCUT2D eigenvalue weighted by molar-refractivity contribution is 5.99. The first kappa shape index (κ1) is 21.7. The Kier molecular flexibility index (Phi) is 5.93. The summed E-state index contributed by atoms with van der Waals surface area (Å²) in [6.45, 7) is 7.21. The van der Waals surface area contributed by atoms with Gasteiger partial charge in [0, 0.05) is 49.5 Å². The van der Waals surface area contributed by atoms with Gasteiger partial charge in [-0.05, 0) is 44.4 Å². The summed E-state index contributed by atoms with van der Waals surface area (Å²) >= 11 is 0. The van der Waals surface area contributed by atoms with Crippen molar-refractivity contribution in [3.8, 4) is 0 Å². The van der Waals surface area contributed by atoms with Crippen LogP contribution in [0.3, 0.4) is 0 Å². The van der Waals surface area contributed by atoms with Crippen LogP contribution >= 0.6 is 0 Å². The molecule has 1 N–H and O–H groups in total. The van der Waals surface area contributed by atoms with Crippen LogP contribution in [0.4, 0.5) is 5.69 Å². The first-order valence-corrected chi connectivity index (χ1v) is 11.8. The summed E-state index contributed by atoms with van der Waals surface area (Å²) in [5.41, 5.74) is 3.36. The van der Waals surface area contributed by atoms with Gasteiger partial charge in [0.25, 0.3) is 5.56 Å². The van der Waals surface area contributed by atoms with E-state index in [9.17, 15) is 9.59 Å². The molecule has 0 aromatic carbocycles. The minimum absolute atomic E-state index is 0.0814. The molecule has 5 rings (SSSR count). The van der Waals surface area contributed by atoms with Crippen LogP contribution in [0.1, 0.15) is 66.1 Å². The lowest BCUT2D eigenvalue weighted by molar-refractivity contribution is 0.101. The lowest BCUT2D eigenvalue weighted by atomic mass is 10.0. The van der Waals surface area contributed by atoms with Crippen molar-refractivity contribution < 1.29 is 4.79 Å². The smallest absolute Gasteiger partial charge is 0.263 e. The van der Waals surface area contributed by atoms with Crippen molar-refractivity contribution >= 4 is 22.5 Å². The van der Waals surface area contributed by atoms with E-state index >= 15 is 0 Å². The lowest BCUT2D eigenvalue weighted by Crippen LogP contribution is -2.43. The number of aromatic nitrogens is 4. The Hall–Kier alpha value is -3.13. The van der Waals surface area contributed by atoms with Crippen LogP contribution in [0.25, 0.3) is 11.0 Å². The number of fused-ring (bicyclic) bond motifs is 1. The normalized spacial score (nSPS) is 17.1. The summed E-state index contributed by atoms with van der Waals surface area (Å²) in [7, 11) is 0. The summed E-state index contributed by atoms with van der Waals surface area (Å²) in [5, 5.41) is 4.14. The molecule has 0 bridgehead atoms. The molecule has 3 aromatic heterocycles. The van der Waals surface area contributed by atoms with Gasteiger partial charge in [-0.15, -0.1) is 0 Å². The van der Waals surface area contributed by atoms with E-state index in [1.54, 1.807) is 10.8 Å². The van der Waals surface area contributed by atoms with Crippen molar-refractivity contribution in [3.63, 3.8) is 0 Å². The van der Waals surface area contributed by atoms with E-state index < -0.39 is 0 Å². The molecule has 4 heterocycles. The zero-order valence-electron chi connectivity index (χ0n) is 19.3. The molecule has 0 unspecified atom stereocenters. The maximum Gasteiger partial charge on any atom is 0.263 e. The van der Waals surface area contributed by atoms with Crippen LogP contribution in [0, 0.1) is 6.92 Å². The van der Waals surface area contributed by atoms with E-state index in [1.165, 1.54) is 6.92 Å². The van der Waals surface area contributed by atoms with Gasteiger partial charge in [-0.25, -0.2) is 9.97 Å². The highest BCUT2D eigenvalue weighted by Gasteiger charge is 2.25. The fraction of sp³-hybridized carbons (Fsp3) is 0.480. The molecular formula is C25H30N6O2. The second-order valence-electron chi connectivity index (χ2n) is 9.11. The summed E-state index contributed by atoms with van der Waals surface area (Å²) in [6, 6.07) is 4.21. The minimum atomic E-state index is -0.220. The second kappa shape index (κ2) is 9.02. The summed E-state index contributed by atoms with van der Waals surface area (Å²) < 4.78 is 1.76. The summed E-state index contributed by atoms with van der Waals surface area (Å²) in [4.78, 5) is 42.0. The van der Waals surface area contributed by atoms with Crippen LogP contribution in [0.15, 0.2) is 29.3 Å². The fourth-order valence-corrected chi connectivity index (χ4v) is 5.16. The number of ketones is 1. The maximum atomic E-state index is 13.3. The number of piperazine rings is 1. The molecule has 0 radical (unpaired) electrons. The van der Waals surface area contributed by atoms with Crippen LogP contribution < -0.4 is 15.8 Å². The molecule has 8 nitrogen and oxygen atoms in total. The predicted octanol–water partition coefficient (Wildman–Crippen LogP) is 2.81. The zero-order chi connectivity index (χ0) is 22.9. The van der Waals surface area contributed by atoms with Crippen LogP contribution in [-0.2, 0) is 6.42 Å². The summed E-state index contributed by atoms with van der Waals surface area (Å²) in [6.07, 6.45) is 8.21. The quantitative estimate of drug-likeness (QED) is 0.603. The van der Waals surface area contributed by atoms with Crippen molar-refractivity contribution in [1.29, 1.82) is 0 Å². The Morgan fingerprint density at radius 3 is 2.55 bits per heavy atom. The first-order valence-electron chi connectivity index (χ1n) is 11.8. The highest BCUT2D eigenvalue weighted by atomic mass is 16.1. The van der Waals surface area contributed by atoms with Crippen molar-refractivity contribution in [1.82, 2.24) is 24.8 Å². The average molecular weight is 447 g/mol. The number of hydrogen-bond acceptors (Lipinski definition) is 7. The standard InChI is InChI=1S/C25H30N6O2/c1-16-21-15-28-22(13-18-7-8-20(14-27-18)30-11-9-26-10-12-30)29-24(21)31(19-5-3-4-6-19)25(33)23(16)17(2)32/h7-8,14-15,19,26H,3-6,9-13H2,1-2H3. The Bertz CT molecular complexity index is 1240. The van der Waals surface area contributed by atoms with Gasteiger partial charge in [-0.3, -0.25) is 19.1 Å². The number of carbonyl (C=O) groups excluding carboxylic acids is 1. The van der Waals surface area contributed by atoms with Gasteiger partial charge in [0.15, 0.2) is 5.78 Å². The minimum Gasteiger partial charge on any atom is -0.368 e. The van der Waals surface area contributed by atoms with E-state index in [-0.39, 0.29) is 22.9 Å². The lowest BCUT2D eigenvalue weighted by Gasteiger charge is -2.29. The Morgan fingerprint density at radius 2 is 1.88 bits per heavy atom. The molecule has 1 aliphatic carbocycles. The number of hydrogen-bond donors (Lipinski definition) is 1. The molecule has 33 heavy (non-hydrogen) atoms. The van der Waals surface area contributed by atoms with Crippen molar-refractivity contribution in [2.75, 3.05) is 31.1 Å². The van der Waals surface area contributed by atoms with E-state index in [2.05, 4.69) is 26.3 Å². The monoisotopic (exact) mass is 446 g/mol. The van der Waals surface area contributed by atoms with E-state index in [4.69, 9.17) is 4.98 Å². The number of carbonyl (C=O) groups is 1. The Labute approximate surface area is 193 Å². The molecule has 172 valence electrons. The molecule has 1 saturated heterocycles. The second-order valence-corrected chi connectivity index (χ2v) is 9.11. The van der Waals surface area contributed by atoms with E-state index in [0.29, 0.717) is 23.5 Å². The van der Waals surface area contributed by atoms with Crippen molar-refractivity contribution in [2.24, 2.45) is 0 Å². The molecule has 1 aliphatic heterocycles. The van der Waals surface area contributed by atoms with Gasteiger partial charge in [0.05, 0.1) is 23.9 Å². The van der Waals surface area contributed by atoms with E-state index in [1.807, 2.05) is 19.2 Å². The van der Waals surface area contributed by atoms with Gasteiger partial charge in [0.2, 0.25) is 0 Å². The molecule has 0 spiro atoms. The van der Waals surface area contributed by atoms with Crippen molar-refractivity contribution in [3.05, 3.63) is 57.5 Å². The highest BCUT2D eigenvalue weighted by Crippen LogP contribution is 2.31. The number of rotatable bonds is 5. The van der Waals surface area contributed by atoms with Gasteiger partial charge < -0.3 is 10.2 Å². The topological polar surface area (TPSA) is 93.0 Å². The molecule has 2 fully saturated rings. The number of aryl methyl sites for hydroxylation is 1. The van der Waals surface area contributed by atoms with Crippen LogP contribution in [-0.4, -0.2) is 51.5 Å². The molecule has 0 atom stereocenters. The van der Waals surface area contributed by atoms with Crippen molar-refractivity contribution in [2.45, 2.75) is 52.0 Å². The molecular weight excluding hydrogens is 416 g/mol. The van der Waals surface area contributed by atoms with Gasteiger partial charge in [0.1, 0.15) is 11.5 Å². The van der Waals surface area contributed by atoms with Gasteiger partial charge in [-0.1, -0.05) is 12.8 Å². The van der Waals surface area contributed by atoms with Crippen LogP contribution in [0.2, 0.25) is 0 Å². The maximum absolute atomic E-state index is 13.3. The number of nitrogens with one attached hydrogen (secondary N) is 1. The SMILES string of the molecule is CC(=O)c1c(C)c2cnc(Cc3ccc(N4CCNCC4)cn3)nc2n(C2CCCC2)c1=O. The van der Waals surface area contributed by atoms with Crippen LogP contribution in [0.5, 0.6) is 0 Å². The average Bonchev–Trinajstić information content (AvgIpc) is 3.34. The fourth-order valence-electron chi connectivity index (χ4n) is 5.16. The number of nitrogens with zero attached hydrogens (tertiary/aromatic N) is 5. The van der Waals surface area contributed by atoms with E-state index in [0.717, 1.165) is 68.6 Å². The van der Waals surface area contributed by atoms with Gasteiger partial charge >= 0.3 is 0 Å². The number of Topliss-reactive ketones (excluding diaryl/α,β-unsaturated/α-hetero) is 1. The molecule has 2 aliphatic rings. The zero-order valence-corrected chi connectivity index (χ0v) is 19.3. The predicted molar refractivity (Wildman–Crippen MR) is 128 cm³/mol. The van der Waals surface area contributed by atoms with Gasteiger partial charge in [-0.2, -0.15) is 0 Å². The largest absolute Gasteiger partial charge is 0.368 e. The third kappa shape index (κ3) is 4.15. The summed E-state index contributed by atoms with van der Waals surface area (Å²) in [5.74, 6) is 0.426. The molecule has 8 heteroatoms. The molecule has 0 amide bonds. The Morgan fingerprint density at radius 1 is 1.12 bits per heavy atom. The third-order valence-corrected chi connectivity index (χ3v) is 6.93. The third-order valence-electron chi connectivity index (χ3n) is 6.93. The first-order chi connectivity index (χ1) is 16.0. The number of pyridine rings is 2. The molecule has 1 saturated carbocycles. The molecule has 3 aromatic rings. The number of anilines is 1. The Balaban J connectivity index is 1.51.